The Morgan fingerprint density at radius 3 is 2.67 bits per heavy atom. The largest absolute Gasteiger partial charge is 0.497 e. The standard InChI is InChI=1S/C12H17F2NO3/c1-17-10-3-2-4-11(5-10)18-8-9(16)6-15-7-12(13)14/h2-5,9,12,15-16H,6-8H2,1H3. The zero-order valence-corrected chi connectivity index (χ0v) is 10.1. The summed E-state index contributed by atoms with van der Waals surface area (Å²) in [6.45, 7) is -0.339. The molecule has 0 saturated heterocycles. The Bertz CT molecular complexity index is 350. The van der Waals surface area contributed by atoms with Gasteiger partial charge in [-0.1, -0.05) is 6.07 Å². The van der Waals surface area contributed by atoms with Gasteiger partial charge in [0.2, 0.25) is 0 Å². The zero-order chi connectivity index (χ0) is 13.4. The molecule has 0 fully saturated rings. The Hall–Kier alpha value is -1.40. The molecule has 1 atom stereocenters. The van der Waals surface area contributed by atoms with Gasteiger partial charge in [0.15, 0.2) is 0 Å². The molecule has 0 amide bonds. The molecule has 4 nitrogen and oxygen atoms in total. The fourth-order valence-electron chi connectivity index (χ4n) is 1.30. The number of ether oxygens (including phenoxy) is 2. The molecule has 0 spiro atoms. The third-order valence-electron chi connectivity index (χ3n) is 2.16. The number of aliphatic hydroxyl groups is 1. The number of aliphatic hydroxyl groups excluding tert-OH is 1. The molecule has 1 aromatic rings. The van der Waals surface area contributed by atoms with E-state index in [-0.39, 0.29) is 13.2 Å². The quantitative estimate of drug-likeness (QED) is 0.740. The Balaban J connectivity index is 2.26. The second-order valence-electron chi connectivity index (χ2n) is 3.69. The van der Waals surface area contributed by atoms with Crippen molar-refractivity contribution in [3.8, 4) is 11.5 Å². The zero-order valence-electron chi connectivity index (χ0n) is 10.1. The third-order valence-corrected chi connectivity index (χ3v) is 2.16. The van der Waals surface area contributed by atoms with Crippen molar-refractivity contribution in [2.24, 2.45) is 0 Å². The van der Waals surface area contributed by atoms with Crippen molar-refractivity contribution in [3.63, 3.8) is 0 Å². The van der Waals surface area contributed by atoms with E-state index < -0.39 is 19.1 Å². The predicted molar refractivity (Wildman–Crippen MR) is 63.4 cm³/mol. The van der Waals surface area contributed by atoms with Gasteiger partial charge in [-0.3, -0.25) is 0 Å². The van der Waals surface area contributed by atoms with Crippen molar-refractivity contribution in [2.45, 2.75) is 12.5 Å². The van der Waals surface area contributed by atoms with Gasteiger partial charge in [-0.05, 0) is 12.1 Å². The van der Waals surface area contributed by atoms with Gasteiger partial charge < -0.3 is 19.9 Å². The first kappa shape index (κ1) is 14.7. The monoisotopic (exact) mass is 261 g/mol. The fraction of sp³-hybridized carbons (Fsp3) is 0.500. The third kappa shape index (κ3) is 5.79. The highest BCUT2D eigenvalue weighted by atomic mass is 19.3. The van der Waals surface area contributed by atoms with Crippen LogP contribution in [-0.2, 0) is 0 Å². The number of halogens is 2. The van der Waals surface area contributed by atoms with Crippen molar-refractivity contribution in [3.05, 3.63) is 24.3 Å². The van der Waals surface area contributed by atoms with Crippen LogP contribution in [0.3, 0.4) is 0 Å². The topological polar surface area (TPSA) is 50.7 Å². The summed E-state index contributed by atoms with van der Waals surface area (Å²) in [7, 11) is 1.54. The van der Waals surface area contributed by atoms with Crippen LogP contribution in [0, 0.1) is 0 Å². The average molecular weight is 261 g/mol. The number of hydrogen-bond donors (Lipinski definition) is 2. The summed E-state index contributed by atoms with van der Waals surface area (Å²) in [5.74, 6) is 1.21. The lowest BCUT2D eigenvalue weighted by atomic mass is 10.3. The van der Waals surface area contributed by atoms with Gasteiger partial charge in [-0.25, -0.2) is 8.78 Å². The highest BCUT2D eigenvalue weighted by Crippen LogP contribution is 2.18. The van der Waals surface area contributed by atoms with Crippen molar-refractivity contribution in [2.75, 3.05) is 26.8 Å². The van der Waals surface area contributed by atoms with Gasteiger partial charge in [0.05, 0.1) is 13.7 Å². The number of hydrogen-bond acceptors (Lipinski definition) is 4. The number of nitrogens with one attached hydrogen (secondary N) is 1. The molecule has 1 rings (SSSR count). The molecule has 0 aliphatic carbocycles. The second kappa shape index (κ2) is 7.84. The highest BCUT2D eigenvalue weighted by molar-refractivity contribution is 5.32. The number of methoxy groups -OCH3 is 1. The minimum absolute atomic E-state index is 0.0312. The summed E-state index contributed by atoms with van der Waals surface area (Å²) in [5, 5.41) is 11.9. The van der Waals surface area contributed by atoms with Crippen LogP contribution >= 0.6 is 0 Å². The predicted octanol–water partition coefficient (Wildman–Crippen LogP) is 1.29. The summed E-state index contributed by atoms with van der Waals surface area (Å²) in [6.07, 6.45) is -3.26. The first-order chi connectivity index (χ1) is 8.61. The van der Waals surface area contributed by atoms with Crippen LogP contribution in [0.4, 0.5) is 8.78 Å². The van der Waals surface area contributed by atoms with Crippen molar-refractivity contribution < 1.29 is 23.4 Å². The highest BCUT2D eigenvalue weighted by Gasteiger charge is 2.07. The molecular weight excluding hydrogens is 244 g/mol. The molecule has 2 N–H and O–H groups in total. The molecule has 0 aliphatic heterocycles. The first-order valence-corrected chi connectivity index (χ1v) is 5.55. The molecule has 0 aromatic heterocycles. The molecular formula is C12H17F2NO3. The number of rotatable bonds is 8. The lowest BCUT2D eigenvalue weighted by Crippen LogP contribution is -2.33. The van der Waals surface area contributed by atoms with E-state index in [1.165, 1.54) is 0 Å². The Morgan fingerprint density at radius 1 is 1.28 bits per heavy atom. The number of benzene rings is 1. The normalized spacial score (nSPS) is 12.5. The van der Waals surface area contributed by atoms with Gasteiger partial charge in [-0.15, -0.1) is 0 Å². The van der Waals surface area contributed by atoms with Crippen molar-refractivity contribution >= 4 is 0 Å². The Kier molecular flexibility index (Phi) is 6.38. The Labute approximate surface area is 105 Å². The summed E-state index contributed by atoms with van der Waals surface area (Å²) in [4.78, 5) is 0. The van der Waals surface area contributed by atoms with Crippen LogP contribution < -0.4 is 14.8 Å². The second-order valence-corrected chi connectivity index (χ2v) is 3.69. The lowest BCUT2D eigenvalue weighted by Gasteiger charge is -2.13. The molecule has 6 heteroatoms. The van der Waals surface area contributed by atoms with E-state index in [2.05, 4.69) is 5.32 Å². The molecule has 0 radical (unpaired) electrons. The van der Waals surface area contributed by atoms with Crippen molar-refractivity contribution in [1.82, 2.24) is 5.32 Å². The summed E-state index contributed by atoms with van der Waals surface area (Å²) in [6, 6.07) is 6.93. The van der Waals surface area contributed by atoms with E-state index in [4.69, 9.17) is 9.47 Å². The fourth-order valence-corrected chi connectivity index (χ4v) is 1.30. The maximum Gasteiger partial charge on any atom is 0.250 e. The van der Waals surface area contributed by atoms with E-state index in [1.54, 1.807) is 31.4 Å². The van der Waals surface area contributed by atoms with Crippen LogP contribution in [0.15, 0.2) is 24.3 Å². The van der Waals surface area contributed by atoms with Gasteiger partial charge in [-0.2, -0.15) is 0 Å². The number of alkyl halides is 2. The van der Waals surface area contributed by atoms with E-state index in [0.717, 1.165) is 0 Å². The van der Waals surface area contributed by atoms with Crippen LogP contribution in [0.5, 0.6) is 11.5 Å². The summed E-state index contributed by atoms with van der Waals surface area (Å²) < 4.78 is 34.0. The molecule has 0 saturated carbocycles. The van der Waals surface area contributed by atoms with Crippen LogP contribution in [0.2, 0.25) is 0 Å². The molecule has 18 heavy (non-hydrogen) atoms. The maximum atomic E-state index is 11.8. The SMILES string of the molecule is COc1cccc(OCC(O)CNCC(F)F)c1. The van der Waals surface area contributed by atoms with Crippen LogP contribution in [0.1, 0.15) is 0 Å². The minimum atomic E-state index is -2.42. The van der Waals surface area contributed by atoms with Gasteiger partial charge in [0.25, 0.3) is 6.43 Å². The van der Waals surface area contributed by atoms with E-state index in [1.807, 2.05) is 0 Å². The van der Waals surface area contributed by atoms with Gasteiger partial charge in [0, 0.05) is 12.6 Å². The van der Waals surface area contributed by atoms with E-state index >= 15 is 0 Å². The van der Waals surface area contributed by atoms with E-state index in [9.17, 15) is 13.9 Å². The van der Waals surface area contributed by atoms with Crippen LogP contribution in [0.25, 0.3) is 0 Å². The maximum absolute atomic E-state index is 11.8. The molecule has 1 unspecified atom stereocenters. The van der Waals surface area contributed by atoms with Crippen LogP contribution in [-0.4, -0.2) is 44.4 Å². The molecule has 0 bridgehead atoms. The molecule has 0 heterocycles. The molecule has 102 valence electrons. The minimum Gasteiger partial charge on any atom is -0.497 e. The first-order valence-electron chi connectivity index (χ1n) is 5.55. The summed E-state index contributed by atoms with van der Waals surface area (Å²) >= 11 is 0. The van der Waals surface area contributed by atoms with Gasteiger partial charge in [0.1, 0.15) is 24.2 Å². The average Bonchev–Trinajstić information content (AvgIpc) is 2.36. The molecule has 0 aliphatic rings. The van der Waals surface area contributed by atoms with Crippen molar-refractivity contribution in [1.29, 1.82) is 0 Å². The van der Waals surface area contributed by atoms with E-state index in [0.29, 0.717) is 11.5 Å². The lowest BCUT2D eigenvalue weighted by molar-refractivity contribution is 0.0950. The molecule has 1 aromatic carbocycles. The smallest absolute Gasteiger partial charge is 0.250 e. The summed E-state index contributed by atoms with van der Waals surface area (Å²) in [5.41, 5.74) is 0. The van der Waals surface area contributed by atoms with Gasteiger partial charge >= 0.3 is 0 Å². The Morgan fingerprint density at radius 2 is 2.00 bits per heavy atom.